The molecule has 11 rings (SSSR count). The van der Waals surface area contributed by atoms with Gasteiger partial charge in [-0.1, -0.05) is 135 Å². The van der Waals surface area contributed by atoms with Gasteiger partial charge >= 0.3 is 0 Å². The van der Waals surface area contributed by atoms with Crippen LogP contribution in [-0.2, 0) is 5.41 Å². The first kappa shape index (κ1) is 29.9. The number of fused-ring (bicyclic) bond motifs is 10. The van der Waals surface area contributed by atoms with Gasteiger partial charge in [-0.2, -0.15) is 0 Å². The number of nitrogens with zero attached hydrogens (tertiary/aromatic N) is 4. The Balaban J connectivity index is 1.23. The largest absolute Gasteiger partial charge is 0.309 e. The van der Waals surface area contributed by atoms with E-state index in [0.29, 0.717) is 0 Å². The Bertz CT molecular complexity index is 3080. The zero-order chi connectivity index (χ0) is 35.3. The van der Waals surface area contributed by atoms with Crippen molar-refractivity contribution in [2.24, 2.45) is 0 Å². The third-order valence-electron chi connectivity index (χ3n) is 11.3. The van der Waals surface area contributed by atoms with E-state index in [1.54, 1.807) is 0 Å². The highest BCUT2D eigenvalue weighted by Crippen LogP contribution is 2.52. The predicted octanol–water partition coefficient (Wildman–Crippen LogP) is 12.3. The smallest absolute Gasteiger partial charge is 0.162 e. The standard InChI is InChI=1S/C49H34N4/c1-49(2)37-25-13-9-21-33(37)47-45(49)46(31-17-5-3-6-18-31)50-48(51-47)36-24-12-16-28-40(36)53-39-27-15-11-23-35(39)44-42(53)30-29-41-43(44)34-22-10-14-26-38(34)52(41)32-19-7-4-8-20-32/h3-30H,1-2H3. The van der Waals surface area contributed by atoms with Crippen molar-refractivity contribution < 1.29 is 0 Å². The number of aromatic nitrogens is 4. The molecule has 0 atom stereocenters. The van der Waals surface area contributed by atoms with E-state index < -0.39 is 0 Å². The summed E-state index contributed by atoms with van der Waals surface area (Å²) in [4.78, 5) is 11.0. The topological polar surface area (TPSA) is 35.6 Å². The van der Waals surface area contributed by atoms with Gasteiger partial charge in [0.1, 0.15) is 0 Å². The third kappa shape index (κ3) is 4.18. The molecule has 4 heteroatoms. The maximum atomic E-state index is 5.49. The van der Waals surface area contributed by atoms with Crippen LogP contribution in [0.2, 0.25) is 0 Å². The number of benzene rings is 7. The Hall–Kier alpha value is -6.78. The summed E-state index contributed by atoms with van der Waals surface area (Å²) in [6, 6.07) is 60.8. The van der Waals surface area contributed by atoms with Crippen LogP contribution in [0.1, 0.15) is 25.0 Å². The minimum Gasteiger partial charge on any atom is -0.309 e. The van der Waals surface area contributed by atoms with Crippen molar-refractivity contribution in [3.05, 3.63) is 181 Å². The Labute approximate surface area is 307 Å². The van der Waals surface area contributed by atoms with Crippen LogP contribution in [0.4, 0.5) is 0 Å². The molecule has 250 valence electrons. The van der Waals surface area contributed by atoms with Crippen LogP contribution >= 0.6 is 0 Å². The lowest BCUT2D eigenvalue weighted by Gasteiger charge is -2.24. The van der Waals surface area contributed by atoms with E-state index in [9.17, 15) is 0 Å². The molecule has 0 fully saturated rings. The van der Waals surface area contributed by atoms with Crippen molar-refractivity contribution in [2.75, 3.05) is 0 Å². The summed E-state index contributed by atoms with van der Waals surface area (Å²) in [7, 11) is 0. The molecule has 0 aliphatic heterocycles. The lowest BCUT2D eigenvalue weighted by Crippen LogP contribution is -2.17. The fourth-order valence-corrected chi connectivity index (χ4v) is 9.03. The fraction of sp³-hybridized carbons (Fsp3) is 0.0612. The molecule has 3 heterocycles. The Kier molecular flexibility index (Phi) is 6.27. The highest BCUT2D eigenvalue weighted by atomic mass is 15.0. The predicted molar refractivity (Wildman–Crippen MR) is 219 cm³/mol. The molecule has 0 bridgehead atoms. The lowest BCUT2D eigenvalue weighted by molar-refractivity contribution is 0.658. The molecule has 0 radical (unpaired) electrons. The molecule has 7 aromatic carbocycles. The molecule has 0 spiro atoms. The average molecular weight is 679 g/mol. The van der Waals surface area contributed by atoms with Crippen LogP contribution in [0.5, 0.6) is 0 Å². The van der Waals surface area contributed by atoms with Crippen LogP contribution in [0, 0.1) is 0 Å². The van der Waals surface area contributed by atoms with Crippen LogP contribution in [0.3, 0.4) is 0 Å². The highest BCUT2D eigenvalue weighted by molar-refractivity contribution is 6.29. The average Bonchev–Trinajstić information content (AvgIpc) is 3.81. The molecule has 0 saturated heterocycles. The molecule has 0 unspecified atom stereocenters. The van der Waals surface area contributed by atoms with Crippen LogP contribution in [0.15, 0.2) is 170 Å². The summed E-state index contributed by atoms with van der Waals surface area (Å²) in [6.45, 7) is 4.60. The number of hydrogen-bond donors (Lipinski definition) is 0. The van der Waals surface area contributed by atoms with Gasteiger partial charge in [-0.3, -0.25) is 0 Å². The second-order valence-electron chi connectivity index (χ2n) is 14.6. The second kappa shape index (κ2) is 11.1. The second-order valence-corrected chi connectivity index (χ2v) is 14.6. The molecule has 10 aromatic rings. The van der Waals surface area contributed by atoms with Gasteiger partial charge in [0.15, 0.2) is 5.82 Å². The normalized spacial score (nSPS) is 13.2. The molecule has 0 saturated carbocycles. The van der Waals surface area contributed by atoms with Gasteiger partial charge < -0.3 is 9.13 Å². The molecular weight excluding hydrogens is 645 g/mol. The minimum atomic E-state index is -0.244. The van der Waals surface area contributed by atoms with E-state index in [0.717, 1.165) is 50.7 Å². The van der Waals surface area contributed by atoms with Crippen molar-refractivity contribution in [1.29, 1.82) is 0 Å². The molecule has 1 aliphatic carbocycles. The molecule has 3 aromatic heterocycles. The molecule has 53 heavy (non-hydrogen) atoms. The summed E-state index contributed by atoms with van der Waals surface area (Å²) >= 11 is 0. The van der Waals surface area contributed by atoms with Crippen molar-refractivity contribution in [1.82, 2.24) is 19.1 Å². The molecule has 1 aliphatic rings. The zero-order valence-electron chi connectivity index (χ0n) is 29.5. The highest BCUT2D eigenvalue weighted by Gasteiger charge is 2.40. The van der Waals surface area contributed by atoms with Crippen molar-refractivity contribution in [3.63, 3.8) is 0 Å². The van der Waals surface area contributed by atoms with Crippen LogP contribution < -0.4 is 0 Å². The first-order chi connectivity index (χ1) is 26.1. The Morgan fingerprint density at radius 2 is 0.962 bits per heavy atom. The van der Waals surface area contributed by atoms with E-state index in [-0.39, 0.29) is 5.41 Å². The maximum Gasteiger partial charge on any atom is 0.162 e. The summed E-state index contributed by atoms with van der Waals surface area (Å²) in [5, 5.41) is 4.96. The summed E-state index contributed by atoms with van der Waals surface area (Å²) in [5.74, 6) is 0.721. The van der Waals surface area contributed by atoms with Gasteiger partial charge in [0.25, 0.3) is 0 Å². The molecule has 4 nitrogen and oxygen atoms in total. The van der Waals surface area contributed by atoms with E-state index in [1.807, 2.05) is 0 Å². The summed E-state index contributed by atoms with van der Waals surface area (Å²) in [6.07, 6.45) is 0. The monoisotopic (exact) mass is 678 g/mol. The summed E-state index contributed by atoms with van der Waals surface area (Å²) < 4.78 is 4.82. The number of rotatable bonds is 4. The maximum absolute atomic E-state index is 5.49. The van der Waals surface area contributed by atoms with Gasteiger partial charge in [-0.05, 0) is 54.1 Å². The van der Waals surface area contributed by atoms with Crippen LogP contribution in [0.25, 0.3) is 88.9 Å². The zero-order valence-corrected chi connectivity index (χ0v) is 29.5. The van der Waals surface area contributed by atoms with Gasteiger partial charge in [0.2, 0.25) is 0 Å². The van der Waals surface area contributed by atoms with Gasteiger partial charge in [-0.25, -0.2) is 9.97 Å². The fourth-order valence-electron chi connectivity index (χ4n) is 9.03. The van der Waals surface area contributed by atoms with E-state index in [4.69, 9.17) is 9.97 Å². The first-order valence-electron chi connectivity index (χ1n) is 18.3. The molecule has 0 amide bonds. The van der Waals surface area contributed by atoms with E-state index >= 15 is 0 Å². The van der Waals surface area contributed by atoms with Gasteiger partial charge in [0, 0.05) is 54.9 Å². The Morgan fingerprint density at radius 1 is 0.434 bits per heavy atom. The quantitative estimate of drug-likeness (QED) is 0.186. The number of para-hydroxylation sites is 4. The van der Waals surface area contributed by atoms with Gasteiger partial charge in [-0.15, -0.1) is 0 Å². The number of hydrogen-bond acceptors (Lipinski definition) is 2. The first-order valence-corrected chi connectivity index (χ1v) is 18.3. The van der Waals surface area contributed by atoms with Crippen molar-refractivity contribution in [3.8, 4) is 45.3 Å². The third-order valence-corrected chi connectivity index (χ3v) is 11.3. The van der Waals surface area contributed by atoms with Crippen molar-refractivity contribution in [2.45, 2.75) is 19.3 Å². The van der Waals surface area contributed by atoms with E-state index in [1.165, 1.54) is 49.3 Å². The molecular formula is C49H34N4. The minimum absolute atomic E-state index is 0.244. The summed E-state index contributed by atoms with van der Waals surface area (Å²) in [5.41, 5.74) is 14.4. The molecule has 0 N–H and O–H groups in total. The Morgan fingerprint density at radius 3 is 1.68 bits per heavy atom. The van der Waals surface area contributed by atoms with Gasteiger partial charge in [0.05, 0.1) is 39.1 Å². The SMILES string of the molecule is CC1(C)c2ccccc2-c2nc(-c3ccccc3-n3c4ccccc4c4c5c6ccccc6n(-c6ccccc6)c5ccc43)nc(-c3ccccc3)c21. The van der Waals surface area contributed by atoms with Crippen molar-refractivity contribution >= 4 is 43.6 Å². The lowest BCUT2D eigenvalue weighted by atomic mass is 9.81. The van der Waals surface area contributed by atoms with E-state index in [2.05, 4.69) is 193 Å². The van der Waals surface area contributed by atoms with Crippen LogP contribution in [-0.4, -0.2) is 19.1 Å².